The van der Waals surface area contributed by atoms with Crippen LogP contribution in [0, 0.1) is 0 Å². The first-order chi connectivity index (χ1) is 6.56. The second-order valence-electron chi connectivity index (χ2n) is 4.03. The number of nitrogens with one attached hydrogen (secondary N) is 1. The van der Waals surface area contributed by atoms with Crippen molar-refractivity contribution in [2.45, 2.75) is 37.5 Å². The van der Waals surface area contributed by atoms with E-state index in [0.29, 0.717) is 18.8 Å². The van der Waals surface area contributed by atoms with E-state index in [1.165, 1.54) is 0 Å². The van der Waals surface area contributed by atoms with Crippen molar-refractivity contribution in [1.82, 2.24) is 5.32 Å². The van der Waals surface area contributed by atoms with Crippen molar-refractivity contribution in [2.24, 2.45) is 5.73 Å². The Morgan fingerprint density at radius 1 is 1.50 bits per heavy atom. The molecule has 0 aromatic rings. The molecular formula is C9H20N2O2S. The van der Waals surface area contributed by atoms with Gasteiger partial charge in [0.15, 0.2) is 9.84 Å². The van der Waals surface area contributed by atoms with Crippen LogP contribution in [0.25, 0.3) is 0 Å². The van der Waals surface area contributed by atoms with E-state index in [4.69, 9.17) is 5.73 Å². The van der Waals surface area contributed by atoms with Gasteiger partial charge in [-0.1, -0.05) is 6.42 Å². The van der Waals surface area contributed by atoms with Gasteiger partial charge in [0.1, 0.15) is 0 Å². The average molecular weight is 220 g/mol. The molecule has 0 aliphatic carbocycles. The molecule has 1 heterocycles. The summed E-state index contributed by atoms with van der Waals surface area (Å²) in [4.78, 5) is 0. The molecule has 0 radical (unpaired) electrons. The first kappa shape index (κ1) is 11.9. The van der Waals surface area contributed by atoms with Crippen LogP contribution in [-0.2, 0) is 9.84 Å². The smallest absolute Gasteiger partial charge is 0.154 e. The van der Waals surface area contributed by atoms with Crippen molar-refractivity contribution < 1.29 is 8.42 Å². The summed E-state index contributed by atoms with van der Waals surface area (Å²) < 4.78 is 23.2. The van der Waals surface area contributed by atoms with Gasteiger partial charge in [-0.25, -0.2) is 8.42 Å². The van der Waals surface area contributed by atoms with E-state index in [1.807, 2.05) is 6.92 Å². The lowest BCUT2D eigenvalue weighted by Crippen LogP contribution is -2.42. The summed E-state index contributed by atoms with van der Waals surface area (Å²) in [6, 6.07) is 0.201. The van der Waals surface area contributed by atoms with Gasteiger partial charge in [-0.05, 0) is 19.8 Å². The highest BCUT2D eigenvalue weighted by Crippen LogP contribution is 2.18. The molecule has 0 bridgehead atoms. The minimum Gasteiger partial charge on any atom is -0.329 e. The van der Waals surface area contributed by atoms with E-state index in [2.05, 4.69) is 5.32 Å². The van der Waals surface area contributed by atoms with Gasteiger partial charge in [-0.3, -0.25) is 0 Å². The lowest BCUT2D eigenvalue weighted by Gasteiger charge is -2.23. The number of sulfone groups is 1. The van der Waals surface area contributed by atoms with Crippen molar-refractivity contribution in [2.75, 3.05) is 18.8 Å². The Morgan fingerprint density at radius 2 is 2.21 bits per heavy atom. The fraction of sp³-hybridized carbons (Fsp3) is 1.00. The second-order valence-corrected chi connectivity index (χ2v) is 6.43. The fourth-order valence-corrected chi connectivity index (χ4v) is 3.48. The summed E-state index contributed by atoms with van der Waals surface area (Å²) in [7, 11) is -2.83. The highest BCUT2D eigenvalue weighted by Gasteiger charge is 2.28. The van der Waals surface area contributed by atoms with E-state index in [-0.39, 0.29) is 11.3 Å². The molecular weight excluding hydrogens is 200 g/mol. The molecule has 14 heavy (non-hydrogen) atoms. The molecule has 1 aliphatic rings. The van der Waals surface area contributed by atoms with Crippen molar-refractivity contribution in [3.05, 3.63) is 0 Å². The summed E-state index contributed by atoms with van der Waals surface area (Å²) in [5.74, 6) is 0.357. The molecule has 1 saturated heterocycles. The molecule has 1 fully saturated rings. The Kier molecular flexibility index (Phi) is 4.34. The van der Waals surface area contributed by atoms with Crippen LogP contribution < -0.4 is 11.1 Å². The normalized spacial score (nSPS) is 28.6. The van der Waals surface area contributed by atoms with E-state index >= 15 is 0 Å². The summed E-state index contributed by atoms with van der Waals surface area (Å²) in [6.07, 6.45) is 2.65. The summed E-state index contributed by atoms with van der Waals surface area (Å²) >= 11 is 0. The molecule has 2 unspecified atom stereocenters. The highest BCUT2D eigenvalue weighted by molar-refractivity contribution is 7.92. The zero-order valence-corrected chi connectivity index (χ0v) is 9.52. The largest absolute Gasteiger partial charge is 0.329 e. The predicted molar refractivity (Wildman–Crippen MR) is 57.9 cm³/mol. The molecule has 0 spiro atoms. The highest BCUT2D eigenvalue weighted by atomic mass is 32.2. The predicted octanol–water partition coefficient (Wildman–Crippen LogP) is -0.109. The average Bonchev–Trinajstić information content (AvgIpc) is 2.15. The number of hydrogen-bond donors (Lipinski definition) is 2. The van der Waals surface area contributed by atoms with Crippen LogP contribution in [0.1, 0.15) is 26.2 Å². The minimum absolute atomic E-state index is 0.190. The molecule has 1 rings (SSSR count). The van der Waals surface area contributed by atoms with Gasteiger partial charge in [0, 0.05) is 19.1 Å². The summed E-state index contributed by atoms with van der Waals surface area (Å²) in [6.45, 7) is 3.07. The maximum Gasteiger partial charge on any atom is 0.154 e. The zero-order chi connectivity index (χ0) is 10.6. The Bertz CT molecular complexity index is 264. The van der Waals surface area contributed by atoms with Gasteiger partial charge in [0.05, 0.1) is 11.0 Å². The molecule has 4 nitrogen and oxygen atoms in total. The third-order valence-corrected chi connectivity index (χ3v) is 5.04. The van der Waals surface area contributed by atoms with Gasteiger partial charge in [-0.2, -0.15) is 0 Å². The molecule has 0 amide bonds. The van der Waals surface area contributed by atoms with Crippen LogP contribution in [0.4, 0.5) is 0 Å². The Balaban J connectivity index is 2.42. The second kappa shape index (κ2) is 5.09. The van der Waals surface area contributed by atoms with Crippen molar-refractivity contribution in [3.8, 4) is 0 Å². The molecule has 0 aromatic carbocycles. The van der Waals surface area contributed by atoms with Gasteiger partial charge in [-0.15, -0.1) is 0 Å². The van der Waals surface area contributed by atoms with E-state index in [9.17, 15) is 8.42 Å². The Morgan fingerprint density at radius 3 is 2.79 bits per heavy atom. The third kappa shape index (κ3) is 3.22. The zero-order valence-electron chi connectivity index (χ0n) is 8.70. The van der Waals surface area contributed by atoms with Crippen LogP contribution in [0.2, 0.25) is 0 Å². The molecule has 5 heteroatoms. The molecule has 2 atom stereocenters. The number of rotatable bonds is 4. The van der Waals surface area contributed by atoms with Crippen LogP contribution in [-0.4, -0.2) is 38.6 Å². The van der Waals surface area contributed by atoms with Gasteiger partial charge in [0.25, 0.3) is 0 Å². The van der Waals surface area contributed by atoms with E-state index in [1.54, 1.807) is 0 Å². The monoisotopic (exact) mass is 220 g/mol. The fourth-order valence-electron chi connectivity index (χ4n) is 1.67. The molecule has 0 aromatic heterocycles. The summed E-state index contributed by atoms with van der Waals surface area (Å²) in [5.41, 5.74) is 5.44. The molecule has 0 saturated carbocycles. The maximum atomic E-state index is 11.6. The Labute approximate surface area is 86.2 Å². The molecule has 1 aliphatic heterocycles. The van der Waals surface area contributed by atoms with Crippen molar-refractivity contribution >= 4 is 9.84 Å². The minimum atomic E-state index is -2.83. The van der Waals surface area contributed by atoms with Crippen LogP contribution in [0.15, 0.2) is 0 Å². The van der Waals surface area contributed by atoms with Gasteiger partial charge < -0.3 is 11.1 Å². The molecule has 84 valence electrons. The van der Waals surface area contributed by atoms with Crippen LogP contribution >= 0.6 is 0 Å². The summed E-state index contributed by atoms with van der Waals surface area (Å²) in [5, 5.41) is 2.96. The van der Waals surface area contributed by atoms with Crippen molar-refractivity contribution in [1.29, 1.82) is 0 Å². The standard InChI is InChI=1S/C9H20N2O2S/c1-8(6-10)11-7-9-4-2-3-5-14(9,12)13/h8-9,11H,2-7,10H2,1H3. The first-order valence-electron chi connectivity index (χ1n) is 5.21. The van der Waals surface area contributed by atoms with E-state index < -0.39 is 9.84 Å². The van der Waals surface area contributed by atoms with Gasteiger partial charge in [0.2, 0.25) is 0 Å². The van der Waals surface area contributed by atoms with Crippen LogP contribution in [0.3, 0.4) is 0 Å². The lowest BCUT2D eigenvalue weighted by atomic mass is 10.2. The third-order valence-electron chi connectivity index (χ3n) is 2.76. The first-order valence-corrected chi connectivity index (χ1v) is 6.93. The van der Waals surface area contributed by atoms with E-state index in [0.717, 1.165) is 19.3 Å². The van der Waals surface area contributed by atoms with Crippen molar-refractivity contribution in [3.63, 3.8) is 0 Å². The van der Waals surface area contributed by atoms with Gasteiger partial charge >= 0.3 is 0 Å². The number of nitrogens with two attached hydrogens (primary N) is 1. The number of hydrogen-bond acceptors (Lipinski definition) is 4. The SMILES string of the molecule is CC(CN)NCC1CCCCS1(=O)=O. The van der Waals surface area contributed by atoms with Crippen LogP contribution in [0.5, 0.6) is 0 Å². The molecule has 3 N–H and O–H groups in total. The topological polar surface area (TPSA) is 72.2 Å². The lowest BCUT2D eigenvalue weighted by molar-refractivity contribution is 0.493. The maximum absolute atomic E-state index is 11.6. The quantitative estimate of drug-likeness (QED) is 0.693. The Hall–Kier alpha value is -0.130.